The van der Waals surface area contributed by atoms with Crippen molar-refractivity contribution >= 4 is 18.3 Å². The van der Waals surface area contributed by atoms with E-state index in [-0.39, 0.29) is 31.0 Å². The van der Waals surface area contributed by atoms with E-state index >= 15 is 0 Å². The molecule has 0 bridgehead atoms. The SMILES string of the molecule is CC(C)CCOc1ccccc1-c1ccccc1OCc1cn([C@H](CCCCN)C(=O)NC2CCCCC2)nn1.Cl. The number of carbonyl (C=O) groups excluding carboxylic acids is 1. The lowest BCUT2D eigenvalue weighted by Crippen LogP contribution is -2.41. The molecule has 1 fully saturated rings. The van der Waals surface area contributed by atoms with Crippen LogP contribution in [0.15, 0.2) is 54.7 Å². The second-order valence-electron chi connectivity index (χ2n) is 11.1. The average molecular weight is 584 g/mol. The summed E-state index contributed by atoms with van der Waals surface area (Å²) in [5.74, 6) is 2.18. The van der Waals surface area contributed by atoms with E-state index in [0.717, 1.165) is 54.7 Å². The molecule has 1 aliphatic carbocycles. The van der Waals surface area contributed by atoms with Crippen molar-refractivity contribution < 1.29 is 14.3 Å². The van der Waals surface area contributed by atoms with Crippen LogP contribution in [0.25, 0.3) is 11.1 Å². The van der Waals surface area contributed by atoms with Gasteiger partial charge in [-0.05, 0) is 63.1 Å². The van der Waals surface area contributed by atoms with Crippen LogP contribution >= 0.6 is 12.4 Å². The van der Waals surface area contributed by atoms with Crippen LogP contribution in [0, 0.1) is 5.92 Å². The summed E-state index contributed by atoms with van der Waals surface area (Å²) in [4.78, 5) is 13.3. The van der Waals surface area contributed by atoms with Gasteiger partial charge >= 0.3 is 0 Å². The number of rotatable bonds is 15. The number of nitrogens with zero attached hydrogens (tertiary/aromatic N) is 3. The summed E-state index contributed by atoms with van der Waals surface area (Å²) in [7, 11) is 0. The number of ether oxygens (including phenoxy) is 2. The maximum absolute atomic E-state index is 13.3. The van der Waals surface area contributed by atoms with Crippen LogP contribution in [0.2, 0.25) is 0 Å². The topological polar surface area (TPSA) is 104 Å². The number of benzene rings is 2. The minimum absolute atomic E-state index is 0. The van der Waals surface area contributed by atoms with Crippen molar-refractivity contribution in [3.63, 3.8) is 0 Å². The van der Waals surface area contributed by atoms with E-state index in [4.69, 9.17) is 15.2 Å². The van der Waals surface area contributed by atoms with Gasteiger partial charge in [-0.1, -0.05) is 74.7 Å². The minimum atomic E-state index is -0.406. The first-order valence-corrected chi connectivity index (χ1v) is 14.9. The Hall–Kier alpha value is -3.10. The molecule has 0 aliphatic heterocycles. The maximum atomic E-state index is 13.3. The Labute approximate surface area is 250 Å². The van der Waals surface area contributed by atoms with Crippen molar-refractivity contribution in [3.05, 3.63) is 60.4 Å². The molecule has 3 aromatic rings. The Bertz CT molecular complexity index is 1200. The summed E-state index contributed by atoms with van der Waals surface area (Å²) in [5, 5.41) is 11.9. The number of hydrogen-bond donors (Lipinski definition) is 2. The smallest absolute Gasteiger partial charge is 0.245 e. The molecule has 224 valence electrons. The third-order valence-corrected chi connectivity index (χ3v) is 7.46. The standard InChI is InChI=1S/C32H45N5O3.ClH/c1-24(2)19-21-39-30-17-8-6-14-27(30)28-15-7-9-18-31(28)40-23-26-22-37(36-35-26)29(16-10-11-20-33)32(38)34-25-12-4-3-5-13-25;/h6-9,14-15,17-18,22,24-25,29H,3-5,10-13,16,19-21,23,33H2,1-2H3,(H,34,38);1H/t29-;/m1./s1. The maximum Gasteiger partial charge on any atom is 0.245 e. The van der Waals surface area contributed by atoms with E-state index in [9.17, 15) is 4.79 Å². The van der Waals surface area contributed by atoms with Gasteiger partial charge in [0.05, 0.1) is 12.8 Å². The number of halogens is 1. The number of aromatic nitrogens is 3. The van der Waals surface area contributed by atoms with Gasteiger partial charge in [-0.25, -0.2) is 4.68 Å². The first-order valence-electron chi connectivity index (χ1n) is 14.9. The van der Waals surface area contributed by atoms with Gasteiger partial charge in [-0.3, -0.25) is 4.79 Å². The van der Waals surface area contributed by atoms with Crippen LogP contribution in [-0.2, 0) is 11.4 Å². The molecule has 0 radical (unpaired) electrons. The summed E-state index contributed by atoms with van der Waals surface area (Å²) < 4.78 is 14.1. The highest BCUT2D eigenvalue weighted by Crippen LogP contribution is 2.36. The summed E-state index contributed by atoms with van der Waals surface area (Å²) in [5.41, 5.74) is 8.34. The number of unbranched alkanes of at least 4 members (excludes halogenated alkanes) is 1. The minimum Gasteiger partial charge on any atom is -0.493 e. The fourth-order valence-corrected chi connectivity index (χ4v) is 5.13. The van der Waals surface area contributed by atoms with Gasteiger partial charge < -0.3 is 20.5 Å². The predicted octanol–water partition coefficient (Wildman–Crippen LogP) is 6.49. The van der Waals surface area contributed by atoms with Crippen molar-refractivity contribution in [3.8, 4) is 22.6 Å². The molecule has 1 heterocycles. The van der Waals surface area contributed by atoms with Crippen LogP contribution in [0.5, 0.6) is 11.5 Å². The molecule has 1 aliphatic rings. The Kier molecular flexibility index (Phi) is 13.4. The van der Waals surface area contributed by atoms with Gasteiger partial charge in [0.25, 0.3) is 0 Å². The molecular weight excluding hydrogens is 538 g/mol. The van der Waals surface area contributed by atoms with Crippen LogP contribution in [0.1, 0.15) is 83.4 Å². The predicted molar refractivity (Wildman–Crippen MR) is 165 cm³/mol. The summed E-state index contributed by atoms with van der Waals surface area (Å²) >= 11 is 0. The normalized spacial score (nSPS) is 14.3. The van der Waals surface area contributed by atoms with Crippen molar-refractivity contribution in [2.75, 3.05) is 13.2 Å². The zero-order valence-corrected chi connectivity index (χ0v) is 25.3. The Morgan fingerprint density at radius 1 is 0.976 bits per heavy atom. The lowest BCUT2D eigenvalue weighted by Gasteiger charge is -2.25. The third-order valence-electron chi connectivity index (χ3n) is 7.46. The number of hydrogen-bond acceptors (Lipinski definition) is 6. The number of amides is 1. The zero-order chi connectivity index (χ0) is 28.2. The first-order chi connectivity index (χ1) is 19.5. The van der Waals surface area contributed by atoms with Crippen molar-refractivity contribution in [2.45, 2.75) is 90.3 Å². The molecule has 1 aromatic heterocycles. The molecule has 2 aromatic carbocycles. The van der Waals surface area contributed by atoms with Crippen LogP contribution in [0.4, 0.5) is 0 Å². The molecule has 0 saturated heterocycles. The van der Waals surface area contributed by atoms with Crippen LogP contribution in [-0.4, -0.2) is 40.1 Å². The molecule has 1 atom stereocenters. The first kappa shape index (κ1) is 32.4. The fraction of sp³-hybridized carbons (Fsp3) is 0.531. The molecule has 41 heavy (non-hydrogen) atoms. The highest BCUT2D eigenvalue weighted by molar-refractivity contribution is 5.85. The summed E-state index contributed by atoms with van der Waals surface area (Å²) in [6.45, 7) is 5.91. The van der Waals surface area contributed by atoms with E-state index in [1.807, 2.05) is 48.7 Å². The molecule has 0 spiro atoms. The van der Waals surface area contributed by atoms with Gasteiger partial charge in [0.15, 0.2) is 0 Å². The second kappa shape index (κ2) is 17.0. The second-order valence-corrected chi connectivity index (χ2v) is 11.1. The van der Waals surface area contributed by atoms with E-state index in [1.54, 1.807) is 4.68 Å². The highest BCUT2D eigenvalue weighted by Gasteiger charge is 2.25. The van der Waals surface area contributed by atoms with Crippen molar-refractivity contribution in [1.29, 1.82) is 0 Å². The molecule has 1 amide bonds. The number of para-hydroxylation sites is 2. The quantitative estimate of drug-likeness (QED) is 0.198. The van der Waals surface area contributed by atoms with Crippen molar-refractivity contribution in [1.82, 2.24) is 20.3 Å². The van der Waals surface area contributed by atoms with Gasteiger partial charge in [0.2, 0.25) is 5.91 Å². The van der Waals surface area contributed by atoms with Gasteiger partial charge in [-0.2, -0.15) is 0 Å². The molecule has 3 N–H and O–H groups in total. The molecule has 9 heteroatoms. The van der Waals surface area contributed by atoms with Gasteiger partial charge in [0, 0.05) is 17.2 Å². The van der Waals surface area contributed by atoms with Gasteiger partial charge in [-0.15, -0.1) is 17.5 Å². The third kappa shape index (κ3) is 9.75. The molecule has 4 rings (SSSR count). The highest BCUT2D eigenvalue weighted by atomic mass is 35.5. The van der Waals surface area contributed by atoms with Gasteiger partial charge in [0.1, 0.15) is 29.8 Å². The van der Waals surface area contributed by atoms with E-state index in [0.29, 0.717) is 31.2 Å². The monoisotopic (exact) mass is 583 g/mol. The van der Waals surface area contributed by atoms with Crippen molar-refractivity contribution in [2.24, 2.45) is 11.7 Å². The summed E-state index contributed by atoms with van der Waals surface area (Å²) in [6.07, 6.45) is 10.9. The lowest BCUT2D eigenvalue weighted by molar-refractivity contribution is -0.125. The zero-order valence-electron chi connectivity index (χ0n) is 24.5. The molecular formula is C32H46ClN5O3. The molecule has 1 saturated carbocycles. The summed E-state index contributed by atoms with van der Waals surface area (Å²) in [6, 6.07) is 15.9. The van der Waals surface area contributed by atoms with E-state index < -0.39 is 6.04 Å². The number of carbonyl (C=O) groups is 1. The average Bonchev–Trinajstić information content (AvgIpc) is 3.43. The van der Waals surface area contributed by atoms with E-state index in [2.05, 4.69) is 35.5 Å². The molecule has 8 nitrogen and oxygen atoms in total. The van der Waals surface area contributed by atoms with Crippen LogP contribution in [0.3, 0.4) is 0 Å². The molecule has 0 unspecified atom stereocenters. The van der Waals surface area contributed by atoms with E-state index in [1.165, 1.54) is 19.3 Å². The Morgan fingerprint density at radius 2 is 1.63 bits per heavy atom. The number of nitrogens with two attached hydrogens (primary N) is 1. The Morgan fingerprint density at radius 3 is 2.29 bits per heavy atom. The Balaban J connectivity index is 0.00000462. The number of nitrogens with one attached hydrogen (secondary N) is 1. The fourth-order valence-electron chi connectivity index (χ4n) is 5.13. The van der Waals surface area contributed by atoms with Crippen LogP contribution < -0.4 is 20.5 Å². The largest absolute Gasteiger partial charge is 0.493 e. The lowest BCUT2D eigenvalue weighted by atomic mass is 9.95.